The predicted molar refractivity (Wildman–Crippen MR) is 103 cm³/mol. The van der Waals surface area contributed by atoms with Gasteiger partial charge in [-0.05, 0) is 49.1 Å². The highest BCUT2D eigenvalue weighted by molar-refractivity contribution is 5.86. The third kappa shape index (κ3) is 6.59. The first-order valence-electron chi connectivity index (χ1n) is 8.81. The van der Waals surface area contributed by atoms with Gasteiger partial charge in [0.15, 0.2) is 6.61 Å². The van der Waals surface area contributed by atoms with Crippen LogP contribution in [0.15, 0.2) is 59.7 Å². The maximum atomic E-state index is 11.8. The molecule has 0 saturated carbocycles. The third-order valence-electron chi connectivity index (χ3n) is 4.12. The second-order valence-corrected chi connectivity index (χ2v) is 6.13. The number of hydrogen-bond acceptors (Lipinski definition) is 4. The molecule has 0 radical (unpaired) electrons. The Morgan fingerprint density at radius 3 is 2.27 bits per heavy atom. The number of nitrogens with one attached hydrogen (secondary N) is 1. The molecular formula is C21H26N2O3. The number of hydrazone groups is 1. The van der Waals surface area contributed by atoms with E-state index < -0.39 is 0 Å². The highest BCUT2D eigenvalue weighted by Crippen LogP contribution is 2.18. The molecule has 0 fully saturated rings. The van der Waals surface area contributed by atoms with Crippen LogP contribution in [-0.4, -0.2) is 18.2 Å². The van der Waals surface area contributed by atoms with E-state index in [0.29, 0.717) is 18.3 Å². The first-order valence-corrected chi connectivity index (χ1v) is 8.81. The summed E-state index contributed by atoms with van der Waals surface area (Å²) in [6.07, 6.45) is 0.987. The standard InChI is InChI=1S/C21H26N2O3/c1-4-16(2)17(3)22-23-21(24)15-26-20-12-10-19(11-13-20)25-14-18-8-6-5-7-9-18/h5-13,16H,4,14-15H2,1-3H3,(H,23,24). The van der Waals surface area contributed by atoms with Gasteiger partial charge in [-0.1, -0.05) is 44.2 Å². The molecule has 2 aromatic rings. The lowest BCUT2D eigenvalue weighted by Crippen LogP contribution is -2.26. The molecule has 0 bridgehead atoms. The molecule has 0 spiro atoms. The van der Waals surface area contributed by atoms with Gasteiger partial charge in [0.05, 0.1) is 0 Å². The summed E-state index contributed by atoms with van der Waals surface area (Å²) in [5, 5.41) is 4.09. The van der Waals surface area contributed by atoms with Crippen LogP contribution >= 0.6 is 0 Å². The van der Waals surface area contributed by atoms with Gasteiger partial charge in [-0.15, -0.1) is 0 Å². The van der Waals surface area contributed by atoms with E-state index in [2.05, 4.69) is 24.4 Å². The SMILES string of the molecule is CCC(C)C(C)=NNC(=O)COc1ccc(OCc2ccccc2)cc1. The molecular weight excluding hydrogens is 328 g/mol. The number of carbonyl (C=O) groups is 1. The highest BCUT2D eigenvalue weighted by Gasteiger charge is 2.05. The number of rotatable bonds is 9. The van der Waals surface area contributed by atoms with Crippen LogP contribution in [0.3, 0.4) is 0 Å². The van der Waals surface area contributed by atoms with Crippen molar-refractivity contribution < 1.29 is 14.3 Å². The van der Waals surface area contributed by atoms with E-state index in [1.165, 1.54) is 0 Å². The van der Waals surface area contributed by atoms with Gasteiger partial charge in [-0.2, -0.15) is 5.10 Å². The third-order valence-corrected chi connectivity index (χ3v) is 4.12. The quantitative estimate of drug-likeness (QED) is 0.543. The Hall–Kier alpha value is -2.82. The van der Waals surface area contributed by atoms with Crippen LogP contribution in [0.1, 0.15) is 32.8 Å². The van der Waals surface area contributed by atoms with Crippen molar-refractivity contribution in [1.29, 1.82) is 0 Å². The minimum absolute atomic E-state index is 0.0818. The molecule has 2 aromatic carbocycles. The van der Waals surface area contributed by atoms with E-state index >= 15 is 0 Å². The lowest BCUT2D eigenvalue weighted by molar-refractivity contribution is -0.123. The van der Waals surface area contributed by atoms with Gasteiger partial charge in [-0.3, -0.25) is 4.79 Å². The van der Waals surface area contributed by atoms with Crippen LogP contribution in [0.2, 0.25) is 0 Å². The molecule has 1 atom stereocenters. The summed E-state index contributed by atoms with van der Waals surface area (Å²) < 4.78 is 11.2. The zero-order valence-electron chi connectivity index (χ0n) is 15.6. The van der Waals surface area contributed by atoms with E-state index in [1.807, 2.05) is 49.4 Å². The average molecular weight is 354 g/mol. The molecule has 1 unspecified atom stereocenters. The monoisotopic (exact) mass is 354 g/mol. The molecule has 5 heteroatoms. The van der Waals surface area contributed by atoms with Crippen molar-refractivity contribution in [3.8, 4) is 11.5 Å². The van der Waals surface area contributed by atoms with E-state index in [1.54, 1.807) is 12.1 Å². The van der Waals surface area contributed by atoms with Crippen molar-refractivity contribution in [2.45, 2.75) is 33.8 Å². The van der Waals surface area contributed by atoms with Crippen molar-refractivity contribution in [3.63, 3.8) is 0 Å². The number of carbonyl (C=O) groups excluding carboxylic acids is 1. The van der Waals surface area contributed by atoms with E-state index in [9.17, 15) is 4.79 Å². The molecule has 1 amide bonds. The first kappa shape index (κ1) is 19.5. The van der Waals surface area contributed by atoms with Crippen molar-refractivity contribution in [3.05, 3.63) is 60.2 Å². The number of ether oxygens (including phenoxy) is 2. The predicted octanol–water partition coefficient (Wildman–Crippen LogP) is 4.18. The summed E-state index contributed by atoms with van der Waals surface area (Å²) in [6.45, 7) is 6.49. The fourth-order valence-corrected chi connectivity index (χ4v) is 2.11. The Balaban J connectivity index is 1.75. The van der Waals surface area contributed by atoms with Crippen LogP contribution < -0.4 is 14.9 Å². The molecule has 0 heterocycles. The Morgan fingerprint density at radius 2 is 1.65 bits per heavy atom. The molecule has 0 aliphatic heterocycles. The summed E-state index contributed by atoms with van der Waals surface area (Å²) in [7, 11) is 0. The van der Waals surface area contributed by atoms with Crippen molar-refractivity contribution in [1.82, 2.24) is 5.43 Å². The first-order chi connectivity index (χ1) is 12.6. The van der Waals surface area contributed by atoms with Crippen molar-refractivity contribution in [2.75, 3.05) is 6.61 Å². The second-order valence-electron chi connectivity index (χ2n) is 6.13. The van der Waals surface area contributed by atoms with Crippen molar-refractivity contribution >= 4 is 11.6 Å². The molecule has 0 aromatic heterocycles. The number of amides is 1. The van der Waals surface area contributed by atoms with Crippen LogP contribution in [0, 0.1) is 5.92 Å². The molecule has 0 saturated heterocycles. The maximum Gasteiger partial charge on any atom is 0.277 e. The Kier molecular flexibility index (Phi) is 7.68. The Bertz CT molecular complexity index is 712. The van der Waals surface area contributed by atoms with Gasteiger partial charge in [0.1, 0.15) is 18.1 Å². The number of nitrogens with zero attached hydrogens (tertiary/aromatic N) is 1. The zero-order valence-corrected chi connectivity index (χ0v) is 15.6. The second kappa shape index (κ2) is 10.2. The molecule has 0 aliphatic rings. The molecule has 1 N–H and O–H groups in total. The van der Waals surface area contributed by atoms with Crippen LogP contribution in [0.5, 0.6) is 11.5 Å². The van der Waals surface area contributed by atoms with Crippen LogP contribution in [0.4, 0.5) is 0 Å². The zero-order chi connectivity index (χ0) is 18.8. The van der Waals surface area contributed by atoms with Crippen LogP contribution in [-0.2, 0) is 11.4 Å². The maximum absolute atomic E-state index is 11.8. The van der Waals surface area contributed by atoms with Crippen LogP contribution in [0.25, 0.3) is 0 Å². The van der Waals surface area contributed by atoms with Gasteiger partial charge in [0, 0.05) is 5.71 Å². The summed E-state index contributed by atoms with van der Waals surface area (Å²) in [5.41, 5.74) is 4.53. The van der Waals surface area contributed by atoms with E-state index in [-0.39, 0.29) is 12.5 Å². The van der Waals surface area contributed by atoms with Crippen molar-refractivity contribution in [2.24, 2.45) is 11.0 Å². The average Bonchev–Trinajstić information content (AvgIpc) is 2.69. The largest absolute Gasteiger partial charge is 0.489 e. The van der Waals surface area contributed by atoms with Gasteiger partial charge in [0.2, 0.25) is 0 Å². The summed E-state index contributed by atoms with van der Waals surface area (Å²) in [4.78, 5) is 11.8. The Morgan fingerprint density at radius 1 is 1.04 bits per heavy atom. The Labute approximate surface area is 155 Å². The van der Waals surface area contributed by atoms with Gasteiger partial charge in [0.25, 0.3) is 5.91 Å². The molecule has 2 rings (SSSR count). The highest BCUT2D eigenvalue weighted by atomic mass is 16.5. The van der Waals surface area contributed by atoms with Gasteiger partial charge in [-0.25, -0.2) is 5.43 Å². The minimum atomic E-state index is -0.281. The summed E-state index contributed by atoms with van der Waals surface area (Å²) >= 11 is 0. The lowest BCUT2D eigenvalue weighted by atomic mass is 10.1. The molecule has 138 valence electrons. The molecule has 0 aliphatic carbocycles. The lowest BCUT2D eigenvalue weighted by Gasteiger charge is -2.09. The topological polar surface area (TPSA) is 59.9 Å². The molecule has 26 heavy (non-hydrogen) atoms. The van der Waals surface area contributed by atoms with Gasteiger partial charge >= 0.3 is 0 Å². The van der Waals surface area contributed by atoms with Gasteiger partial charge < -0.3 is 9.47 Å². The minimum Gasteiger partial charge on any atom is -0.489 e. The van der Waals surface area contributed by atoms with E-state index in [4.69, 9.17) is 9.47 Å². The number of benzene rings is 2. The summed E-state index contributed by atoms with van der Waals surface area (Å²) in [5.74, 6) is 1.42. The smallest absolute Gasteiger partial charge is 0.277 e. The fraction of sp³-hybridized carbons (Fsp3) is 0.333. The summed E-state index contributed by atoms with van der Waals surface area (Å²) in [6, 6.07) is 17.2. The number of hydrogen-bond donors (Lipinski definition) is 1. The fourth-order valence-electron chi connectivity index (χ4n) is 2.11. The molecule has 5 nitrogen and oxygen atoms in total. The van der Waals surface area contributed by atoms with E-state index in [0.717, 1.165) is 23.4 Å². The normalized spacial score (nSPS) is 12.3.